The van der Waals surface area contributed by atoms with Crippen LogP contribution in [0.1, 0.15) is 25.0 Å². The Hall–Kier alpha value is -0.900. The molecule has 1 amide bonds. The lowest BCUT2D eigenvalue weighted by atomic mass is 10.0. The predicted molar refractivity (Wildman–Crippen MR) is 62.9 cm³/mol. The first-order chi connectivity index (χ1) is 7.74. The van der Waals surface area contributed by atoms with Gasteiger partial charge in [0.25, 0.3) is 0 Å². The monoisotopic (exact) mass is 236 g/mol. The van der Waals surface area contributed by atoms with Crippen molar-refractivity contribution in [1.29, 1.82) is 0 Å². The Morgan fingerprint density at radius 2 is 2.25 bits per heavy atom. The molecule has 0 radical (unpaired) electrons. The van der Waals surface area contributed by atoms with E-state index in [1.165, 1.54) is 6.42 Å². The molecule has 0 aliphatic heterocycles. The number of hydrogen-bond acceptors (Lipinski definition) is 3. The minimum absolute atomic E-state index is 0.299. The third-order valence-electron chi connectivity index (χ3n) is 3.85. The summed E-state index contributed by atoms with van der Waals surface area (Å²) < 4.78 is 0. The van der Waals surface area contributed by atoms with Crippen LogP contribution in [0.2, 0.25) is 0 Å². The fourth-order valence-corrected chi connectivity index (χ4v) is 3.41. The van der Waals surface area contributed by atoms with E-state index < -0.39 is 0 Å². The Kier molecular flexibility index (Phi) is 2.46. The van der Waals surface area contributed by atoms with E-state index in [0.717, 1.165) is 30.4 Å². The normalized spacial score (nSPS) is 31.2. The fraction of sp³-hybridized carbons (Fsp3) is 0.667. The molecule has 86 valence electrons. The first kappa shape index (κ1) is 10.3. The number of fused-ring (bicyclic) bond motifs is 1. The molecule has 2 fully saturated rings. The number of rotatable bonds is 3. The van der Waals surface area contributed by atoms with Crippen molar-refractivity contribution in [2.75, 3.05) is 7.05 Å². The van der Waals surface area contributed by atoms with Crippen molar-refractivity contribution in [3.05, 3.63) is 16.6 Å². The molecule has 0 aromatic carbocycles. The Bertz CT molecular complexity index is 380. The van der Waals surface area contributed by atoms with Crippen molar-refractivity contribution in [3.63, 3.8) is 0 Å². The van der Waals surface area contributed by atoms with Crippen molar-refractivity contribution in [1.82, 2.24) is 9.88 Å². The Labute approximate surface area is 99.5 Å². The maximum atomic E-state index is 12.1. The summed E-state index contributed by atoms with van der Waals surface area (Å²) in [4.78, 5) is 18.2. The minimum Gasteiger partial charge on any atom is -0.340 e. The Morgan fingerprint density at radius 1 is 1.50 bits per heavy atom. The average Bonchev–Trinajstić information content (AvgIpc) is 2.72. The number of aromatic nitrogens is 1. The van der Waals surface area contributed by atoms with Gasteiger partial charge in [-0.2, -0.15) is 0 Å². The lowest BCUT2D eigenvalue weighted by Crippen LogP contribution is -2.32. The topological polar surface area (TPSA) is 33.2 Å². The standard InChI is InChI=1S/C12H16N2OS/c1-14(5-11-6-16-7-13-11)12(15)10-3-8-2-9(8)4-10/h6-10H,2-5H2,1H3. The Morgan fingerprint density at radius 3 is 2.88 bits per heavy atom. The zero-order valence-corrected chi connectivity index (χ0v) is 10.2. The van der Waals surface area contributed by atoms with E-state index in [0.29, 0.717) is 18.4 Å². The second kappa shape index (κ2) is 3.84. The maximum Gasteiger partial charge on any atom is 0.225 e. The summed E-state index contributed by atoms with van der Waals surface area (Å²) >= 11 is 1.58. The van der Waals surface area contributed by atoms with Crippen molar-refractivity contribution in [2.45, 2.75) is 25.8 Å². The lowest BCUT2D eigenvalue weighted by Gasteiger charge is -2.20. The molecule has 1 aromatic rings. The van der Waals surface area contributed by atoms with Crippen molar-refractivity contribution < 1.29 is 4.79 Å². The van der Waals surface area contributed by atoms with E-state index in [-0.39, 0.29) is 0 Å². The van der Waals surface area contributed by atoms with Crippen LogP contribution in [0.25, 0.3) is 0 Å². The van der Waals surface area contributed by atoms with Gasteiger partial charge in [-0.3, -0.25) is 4.79 Å². The molecule has 2 unspecified atom stereocenters. The fourth-order valence-electron chi connectivity index (χ4n) is 2.86. The van der Waals surface area contributed by atoms with Gasteiger partial charge < -0.3 is 4.90 Å². The summed E-state index contributed by atoms with van der Waals surface area (Å²) in [6.45, 7) is 0.661. The zero-order chi connectivity index (χ0) is 11.1. The maximum absolute atomic E-state index is 12.1. The second-order valence-electron chi connectivity index (χ2n) is 5.10. The largest absolute Gasteiger partial charge is 0.340 e. The van der Waals surface area contributed by atoms with Gasteiger partial charge in [-0.1, -0.05) is 0 Å². The molecule has 2 saturated carbocycles. The first-order valence-electron chi connectivity index (χ1n) is 5.86. The molecule has 0 saturated heterocycles. The Balaban J connectivity index is 1.57. The molecule has 4 heteroatoms. The van der Waals surface area contributed by atoms with Crippen LogP contribution in [-0.4, -0.2) is 22.8 Å². The number of thiazole rings is 1. The average molecular weight is 236 g/mol. The van der Waals surface area contributed by atoms with Crippen molar-refractivity contribution in [3.8, 4) is 0 Å². The van der Waals surface area contributed by atoms with Gasteiger partial charge in [0.2, 0.25) is 5.91 Å². The van der Waals surface area contributed by atoms with Crippen LogP contribution < -0.4 is 0 Å². The molecule has 2 aliphatic carbocycles. The van der Waals surface area contributed by atoms with Crippen molar-refractivity contribution in [2.24, 2.45) is 17.8 Å². The highest BCUT2D eigenvalue weighted by Gasteiger charge is 2.48. The van der Waals surface area contributed by atoms with E-state index in [9.17, 15) is 4.79 Å². The summed E-state index contributed by atoms with van der Waals surface area (Å²) in [5.74, 6) is 2.37. The first-order valence-corrected chi connectivity index (χ1v) is 6.80. The summed E-state index contributed by atoms with van der Waals surface area (Å²) in [7, 11) is 1.89. The van der Waals surface area contributed by atoms with Gasteiger partial charge in [0.05, 0.1) is 17.7 Å². The second-order valence-corrected chi connectivity index (χ2v) is 5.82. The molecule has 16 heavy (non-hydrogen) atoms. The zero-order valence-electron chi connectivity index (χ0n) is 9.43. The van der Waals surface area contributed by atoms with Gasteiger partial charge in [0.15, 0.2) is 0 Å². The highest BCUT2D eigenvalue weighted by Crippen LogP contribution is 2.54. The molecule has 2 aliphatic rings. The molecule has 0 spiro atoms. The summed E-state index contributed by atoms with van der Waals surface area (Å²) in [5.41, 5.74) is 2.82. The molecular weight excluding hydrogens is 220 g/mol. The quantitative estimate of drug-likeness (QED) is 0.805. The van der Waals surface area contributed by atoms with E-state index in [1.54, 1.807) is 11.3 Å². The molecule has 0 N–H and O–H groups in total. The van der Waals surface area contributed by atoms with Crippen LogP contribution >= 0.6 is 11.3 Å². The third-order valence-corrected chi connectivity index (χ3v) is 4.49. The number of carbonyl (C=O) groups is 1. The van der Waals surface area contributed by atoms with Gasteiger partial charge in [-0.25, -0.2) is 4.98 Å². The summed E-state index contributed by atoms with van der Waals surface area (Å²) in [5, 5.41) is 2.01. The van der Waals surface area contributed by atoms with Crippen molar-refractivity contribution >= 4 is 17.2 Å². The number of carbonyl (C=O) groups excluding carboxylic acids is 1. The van der Waals surface area contributed by atoms with Gasteiger partial charge in [-0.05, 0) is 31.1 Å². The SMILES string of the molecule is CN(Cc1cscn1)C(=O)C1CC2CC2C1. The van der Waals surface area contributed by atoms with E-state index in [1.807, 2.05) is 22.8 Å². The lowest BCUT2D eigenvalue weighted by molar-refractivity contribution is -0.134. The van der Waals surface area contributed by atoms with Crippen LogP contribution in [-0.2, 0) is 11.3 Å². The summed E-state index contributed by atoms with van der Waals surface area (Å²) in [6.07, 6.45) is 3.63. The predicted octanol–water partition coefficient (Wildman–Crippen LogP) is 2.15. The molecule has 1 aromatic heterocycles. The summed E-state index contributed by atoms with van der Waals surface area (Å²) in [6, 6.07) is 0. The van der Waals surface area contributed by atoms with E-state index in [4.69, 9.17) is 0 Å². The third kappa shape index (κ3) is 1.86. The minimum atomic E-state index is 0.299. The molecular formula is C12H16N2OS. The van der Waals surface area contributed by atoms with Crippen LogP contribution in [0, 0.1) is 17.8 Å². The number of nitrogens with zero attached hydrogens (tertiary/aromatic N) is 2. The van der Waals surface area contributed by atoms with Gasteiger partial charge in [-0.15, -0.1) is 11.3 Å². The number of amides is 1. The van der Waals surface area contributed by atoms with Crippen LogP contribution in [0.3, 0.4) is 0 Å². The highest BCUT2D eigenvalue weighted by atomic mass is 32.1. The molecule has 1 heterocycles. The van der Waals surface area contributed by atoms with Gasteiger partial charge in [0, 0.05) is 18.3 Å². The van der Waals surface area contributed by atoms with Crippen LogP contribution in [0.4, 0.5) is 0 Å². The van der Waals surface area contributed by atoms with Crippen LogP contribution in [0.15, 0.2) is 10.9 Å². The smallest absolute Gasteiger partial charge is 0.225 e. The molecule has 0 bridgehead atoms. The molecule has 3 rings (SSSR count). The van der Waals surface area contributed by atoms with E-state index >= 15 is 0 Å². The van der Waals surface area contributed by atoms with Gasteiger partial charge >= 0.3 is 0 Å². The van der Waals surface area contributed by atoms with Gasteiger partial charge in [0.1, 0.15) is 0 Å². The molecule has 3 nitrogen and oxygen atoms in total. The highest BCUT2D eigenvalue weighted by molar-refractivity contribution is 7.07. The van der Waals surface area contributed by atoms with Crippen LogP contribution in [0.5, 0.6) is 0 Å². The number of hydrogen-bond donors (Lipinski definition) is 0. The van der Waals surface area contributed by atoms with E-state index in [2.05, 4.69) is 4.98 Å². The molecule has 2 atom stereocenters.